The topological polar surface area (TPSA) is 123 Å². The molecule has 0 saturated carbocycles. The van der Waals surface area contributed by atoms with Crippen molar-refractivity contribution in [3.63, 3.8) is 0 Å². The Kier molecular flexibility index (Phi) is 8730. The molecule has 0 heterocycles. The van der Waals surface area contributed by atoms with Gasteiger partial charge < -0.3 is 0 Å². The third-order valence-electron chi connectivity index (χ3n) is 0. The van der Waals surface area contributed by atoms with Crippen LogP contribution in [0.15, 0.2) is 0 Å². The van der Waals surface area contributed by atoms with E-state index in [1.807, 2.05) is 0 Å². The molecule has 0 rings (SSSR count). The zero-order valence-corrected chi connectivity index (χ0v) is 4.22. The van der Waals surface area contributed by atoms with Crippen molar-refractivity contribution in [1.82, 2.24) is 0 Å². The molecule has 15 heavy (non-hydrogen) atoms. The first-order valence-electron chi connectivity index (χ1n) is 1.36. The summed E-state index contributed by atoms with van der Waals surface area (Å²) < 4.78 is 0. The molecule has 0 aromatic carbocycles. The Morgan fingerprint density at radius 1 is 0.467 bits per heavy atom. The van der Waals surface area contributed by atoms with Gasteiger partial charge in [0.25, 0.3) is 0 Å². The van der Waals surface area contributed by atoms with E-state index in [9.17, 15) is 0 Å². The number of carbonyl (C=O) groups excluding carboxylic acids is 3. The highest BCUT2D eigenvalue weighted by atomic mass is 16.1. The maximum atomic E-state index is 8.35. The van der Waals surface area contributed by atoms with Gasteiger partial charge in [-0.15, -0.1) is 0 Å². The highest BCUT2D eigenvalue weighted by Gasteiger charge is 1.04. The van der Waals surface area contributed by atoms with E-state index in [-0.39, 0.29) is 44.6 Å². The van der Waals surface area contributed by atoms with E-state index < -0.39 is 0 Å². The number of hydrogen-bond acceptors (Lipinski definition) is 6. The Morgan fingerprint density at radius 2 is 0.467 bits per heavy atom. The van der Waals surface area contributed by atoms with Crippen LogP contribution in [0.3, 0.4) is 0 Å². The van der Waals surface area contributed by atoms with Gasteiger partial charge in [-0.05, 0) is 0 Å². The fraction of sp³-hybridized carbons (Fsp3) is 0.667. The minimum Gasteiger partial charge on any atom is -0.222 e. The molecule has 0 bridgehead atoms. The van der Waals surface area contributed by atoms with Gasteiger partial charge >= 0.3 is 0 Å². The van der Waals surface area contributed by atoms with Gasteiger partial charge in [-0.2, -0.15) is 0 Å². The Morgan fingerprint density at radius 3 is 0.467 bits per heavy atom. The van der Waals surface area contributed by atoms with Crippen LogP contribution in [0.4, 0.5) is 0 Å². The monoisotopic (exact) mass is 225 g/mol. The molecule has 0 spiro atoms. The molecule has 0 aliphatic carbocycles. The van der Waals surface area contributed by atoms with Crippen molar-refractivity contribution in [3.8, 4) is 0 Å². The molecule has 0 radical (unpaired) electrons. The van der Waals surface area contributed by atoms with Crippen LogP contribution in [-0.4, -0.2) is 18.2 Å². The fourth-order valence-electron chi connectivity index (χ4n) is 0. The van der Waals surface area contributed by atoms with Crippen molar-refractivity contribution in [1.29, 1.82) is 16.2 Å². The fourth-order valence-corrected chi connectivity index (χ4v) is 0. The maximum absolute atomic E-state index is 8.35. The summed E-state index contributed by atoms with van der Waals surface area (Å²) >= 11 is 0. The smallest absolute Gasteiger partial charge is 0.222 e. The van der Waals surface area contributed by atoms with Gasteiger partial charge in [-0.1, -0.05) is 44.6 Å². The Hall–Kier alpha value is -1.86. The van der Waals surface area contributed by atoms with Crippen LogP contribution in [0, 0.1) is 16.2 Å². The van der Waals surface area contributed by atoms with Gasteiger partial charge in [0.1, 0.15) is 0 Å². The summed E-state index contributed by atoms with van der Waals surface area (Å²) in [6.07, 6.45) is 2.25. The third kappa shape index (κ3) is 361. The highest BCUT2D eigenvalue weighted by molar-refractivity contribution is 5.26. The summed E-state index contributed by atoms with van der Waals surface area (Å²) in [7, 11) is 0. The number of rotatable bonds is 0. The second kappa shape index (κ2) is 1160. The molecule has 0 aliphatic heterocycles. The first-order valence-corrected chi connectivity index (χ1v) is 1.36. The average Bonchev–Trinajstić information content (AvgIpc) is 1.70. The van der Waals surface area contributed by atoms with Gasteiger partial charge in [0.2, 0.25) is 18.2 Å². The molecular weight excluding hydrogens is 198 g/mol. The predicted octanol–water partition coefficient (Wildman–Crippen LogP) is 3.52. The molecule has 96 valence electrons. The molecule has 0 aromatic rings. The van der Waals surface area contributed by atoms with Crippen LogP contribution in [0.1, 0.15) is 44.6 Å². The molecule has 0 atom stereocenters. The van der Waals surface area contributed by atoms with Crippen molar-refractivity contribution < 1.29 is 14.4 Å². The number of isocyanates is 3. The third-order valence-corrected chi connectivity index (χ3v) is 0. The summed E-state index contributed by atoms with van der Waals surface area (Å²) in [5, 5.41) is 16.2. The van der Waals surface area contributed by atoms with Gasteiger partial charge in [0, 0.05) is 0 Å². The summed E-state index contributed by atoms with van der Waals surface area (Å²) in [5.41, 5.74) is 0. The van der Waals surface area contributed by atoms with Crippen LogP contribution < -0.4 is 0 Å². The van der Waals surface area contributed by atoms with E-state index in [2.05, 4.69) is 0 Å². The van der Waals surface area contributed by atoms with Gasteiger partial charge in [0.15, 0.2) is 0 Å². The molecule has 6 nitrogen and oxygen atoms in total. The second-order valence-corrected chi connectivity index (χ2v) is 0.306. The SMILES string of the molecule is C.C.C.C.C.C.N=C=O.N=C=O.N=C=O. The minimum atomic E-state index is 0. The van der Waals surface area contributed by atoms with Crippen molar-refractivity contribution >= 4 is 18.2 Å². The van der Waals surface area contributed by atoms with E-state index in [1.54, 1.807) is 0 Å². The summed E-state index contributed by atoms with van der Waals surface area (Å²) in [6.45, 7) is 0. The number of nitrogens with one attached hydrogen (secondary N) is 3. The van der Waals surface area contributed by atoms with Crippen LogP contribution in [0.2, 0.25) is 0 Å². The summed E-state index contributed by atoms with van der Waals surface area (Å²) in [4.78, 5) is 25.0. The molecule has 0 saturated heterocycles. The zero-order valence-electron chi connectivity index (χ0n) is 4.22. The van der Waals surface area contributed by atoms with Gasteiger partial charge in [0.05, 0.1) is 0 Å². The Bertz CT molecular complexity index is 112. The minimum absolute atomic E-state index is 0. The normalized spacial score (nSPS) is 1.60. The van der Waals surface area contributed by atoms with Crippen molar-refractivity contribution in [2.75, 3.05) is 0 Å². The Balaban J connectivity index is -0.00000000429. The van der Waals surface area contributed by atoms with Crippen LogP contribution >= 0.6 is 0 Å². The van der Waals surface area contributed by atoms with Crippen LogP contribution in [-0.2, 0) is 14.4 Å². The van der Waals surface area contributed by atoms with E-state index >= 15 is 0 Å². The molecular formula is C9H27N3O3. The maximum Gasteiger partial charge on any atom is 0.231 e. The van der Waals surface area contributed by atoms with Crippen molar-refractivity contribution in [2.24, 2.45) is 0 Å². The largest absolute Gasteiger partial charge is 0.231 e. The molecule has 0 amide bonds. The van der Waals surface area contributed by atoms with Crippen molar-refractivity contribution in [2.45, 2.75) is 44.6 Å². The molecule has 0 aromatic heterocycles. The average molecular weight is 225 g/mol. The summed E-state index contributed by atoms with van der Waals surface area (Å²) in [6, 6.07) is 0. The molecule has 0 aliphatic rings. The van der Waals surface area contributed by atoms with Gasteiger partial charge in [-0.25, -0.2) is 30.6 Å². The second-order valence-electron chi connectivity index (χ2n) is 0.306. The highest BCUT2D eigenvalue weighted by Crippen LogP contribution is 0.874. The van der Waals surface area contributed by atoms with E-state index in [0.29, 0.717) is 0 Å². The van der Waals surface area contributed by atoms with E-state index in [4.69, 9.17) is 30.6 Å². The first kappa shape index (κ1) is 113. The Labute approximate surface area is 94.2 Å². The first-order chi connectivity index (χ1) is 4.24. The summed E-state index contributed by atoms with van der Waals surface area (Å²) in [5.74, 6) is 0. The standard InChI is InChI=1S/3CHNO.6CH4/c3*2-1-3;;;;;;/h3*2H;6*1H4. The molecule has 0 fully saturated rings. The molecule has 3 N–H and O–H groups in total. The zero-order chi connectivity index (χ0) is 8.12. The lowest BCUT2D eigenvalue weighted by Gasteiger charge is -1.02. The number of hydrogen-bond donors (Lipinski definition) is 3. The lowest BCUT2D eigenvalue weighted by atomic mass is 11.7. The van der Waals surface area contributed by atoms with Gasteiger partial charge in [-0.3, -0.25) is 0 Å². The lowest BCUT2D eigenvalue weighted by molar-refractivity contribution is 0.562. The van der Waals surface area contributed by atoms with E-state index in [1.165, 1.54) is 0 Å². The van der Waals surface area contributed by atoms with Crippen LogP contribution in [0.5, 0.6) is 0 Å². The van der Waals surface area contributed by atoms with Crippen LogP contribution in [0.25, 0.3) is 0 Å². The molecule has 6 heteroatoms. The predicted molar refractivity (Wildman–Crippen MR) is 65.6 cm³/mol. The molecule has 0 unspecified atom stereocenters. The van der Waals surface area contributed by atoms with E-state index in [0.717, 1.165) is 18.2 Å². The quantitative estimate of drug-likeness (QED) is 0.431. The lowest BCUT2D eigenvalue weighted by Crippen LogP contribution is -1.16. The van der Waals surface area contributed by atoms with Crippen molar-refractivity contribution in [3.05, 3.63) is 0 Å².